The molecule has 0 radical (unpaired) electrons. The lowest BCUT2D eigenvalue weighted by Crippen LogP contribution is -2.48. The SMILES string of the molecule is CC(C)(C)NC(=O)C(=O)NCCc1ccc(O)cc1. The second-order valence-corrected chi connectivity index (χ2v) is 5.38. The first-order valence-corrected chi connectivity index (χ1v) is 6.16. The minimum absolute atomic E-state index is 0.206. The monoisotopic (exact) mass is 264 g/mol. The number of rotatable bonds is 3. The smallest absolute Gasteiger partial charge is 0.309 e. The van der Waals surface area contributed by atoms with Crippen LogP contribution in [0.4, 0.5) is 0 Å². The minimum atomic E-state index is -0.631. The molecule has 2 amide bonds. The summed E-state index contributed by atoms with van der Waals surface area (Å²) in [6.45, 7) is 5.82. The fraction of sp³-hybridized carbons (Fsp3) is 0.429. The molecule has 104 valence electrons. The van der Waals surface area contributed by atoms with E-state index in [-0.39, 0.29) is 5.75 Å². The van der Waals surface area contributed by atoms with Crippen molar-refractivity contribution < 1.29 is 14.7 Å². The van der Waals surface area contributed by atoms with Crippen molar-refractivity contribution in [3.05, 3.63) is 29.8 Å². The summed E-state index contributed by atoms with van der Waals surface area (Å²) in [7, 11) is 0. The number of carbonyl (C=O) groups is 2. The number of phenolic OH excluding ortho intramolecular Hbond substituents is 1. The molecule has 5 heteroatoms. The van der Waals surface area contributed by atoms with Gasteiger partial charge in [0.15, 0.2) is 0 Å². The number of nitrogens with one attached hydrogen (secondary N) is 2. The molecule has 1 aromatic rings. The quantitative estimate of drug-likeness (QED) is 0.712. The lowest BCUT2D eigenvalue weighted by atomic mass is 10.1. The maximum Gasteiger partial charge on any atom is 0.309 e. The second kappa shape index (κ2) is 6.22. The van der Waals surface area contributed by atoms with E-state index in [0.29, 0.717) is 13.0 Å². The van der Waals surface area contributed by atoms with Crippen molar-refractivity contribution in [2.24, 2.45) is 0 Å². The molecule has 0 aliphatic rings. The number of aromatic hydroxyl groups is 1. The molecule has 0 atom stereocenters. The molecular weight excluding hydrogens is 244 g/mol. The summed E-state index contributed by atoms with van der Waals surface area (Å²) in [5.74, 6) is -1.05. The third-order valence-corrected chi connectivity index (χ3v) is 2.33. The van der Waals surface area contributed by atoms with Crippen LogP contribution in [0, 0.1) is 0 Å². The van der Waals surface area contributed by atoms with Gasteiger partial charge in [-0.2, -0.15) is 0 Å². The normalized spacial score (nSPS) is 10.9. The molecule has 1 rings (SSSR count). The van der Waals surface area contributed by atoms with Gasteiger partial charge in [0.2, 0.25) is 0 Å². The van der Waals surface area contributed by atoms with Crippen LogP contribution in [0.1, 0.15) is 26.3 Å². The molecule has 0 saturated heterocycles. The van der Waals surface area contributed by atoms with Gasteiger partial charge in [-0.15, -0.1) is 0 Å². The third-order valence-electron chi connectivity index (χ3n) is 2.33. The van der Waals surface area contributed by atoms with E-state index in [0.717, 1.165) is 5.56 Å². The number of carbonyl (C=O) groups excluding carboxylic acids is 2. The standard InChI is InChI=1S/C14H20N2O3/c1-14(2,3)16-13(19)12(18)15-9-8-10-4-6-11(17)7-5-10/h4-7,17H,8-9H2,1-3H3,(H,15,18)(H,16,19). The summed E-state index contributed by atoms with van der Waals surface area (Å²) in [6.07, 6.45) is 0.606. The predicted molar refractivity (Wildman–Crippen MR) is 72.7 cm³/mol. The van der Waals surface area contributed by atoms with E-state index in [2.05, 4.69) is 10.6 Å². The number of hydrogen-bond acceptors (Lipinski definition) is 3. The van der Waals surface area contributed by atoms with E-state index in [9.17, 15) is 9.59 Å². The maximum atomic E-state index is 11.5. The van der Waals surface area contributed by atoms with Crippen LogP contribution in [0.2, 0.25) is 0 Å². The Morgan fingerprint density at radius 3 is 2.21 bits per heavy atom. The Labute approximate surface area is 113 Å². The Kier molecular flexibility index (Phi) is 4.92. The van der Waals surface area contributed by atoms with Crippen LogP contribution < -0.4 is 10.6 Å². The molecule has 0 spiro atoms. The highest BCUT2D eigenvalue weighted by molar-refractivity contribution is 6.35. The van der Waals surface area contributed by atoms with Crippen LogP contribution in [-0.2, 0) is 16.0 Å². The summed E-state index contributed by atoms with van der Waals surface area (Å²) in [5.41, 5.74) is 0.556. The van der Waals surface area contributed by atoms with E-state index in [1.807, 2.05) is 20.8 Å². The first-order chi connectivity index (χ1) is 8.78. The summed E-state index contributed by atoms with van der Waals surface area (Å²) < 4.78 is 0. The Balaban J connectivity index is 2.35. The summed E-state index contributed by atoms with van der Waals surface area (Å²) in [5, 5.41) is 14.3. The van der Waals surface area contributed by atoms with Crippen LogP contribution in [-0.4, -0.2) is 29.0 Å². The highest BCUT2D eigenvalue weighted by Crippen LogP contribution is 2.09. The Morgan fingerprint density at radius 2 is 1.68 bits per heavy atom. The zero-order valence-corrected chi connectivity index (χ0v) is 11.5. The van der Waals surface area contributed by atoms with Gasteiger partial charge in [-0.3, -0.25) is 9.59 Å². The highest BCUT2D eigenvalue weighted by atomic mass is 16.3. The van der Waals surface area contributed by atoms with Gasteiger partial charge >= 0.3 is 11.8 Å². The van der Waals surface area contributed by atoms with Crippen molar-refractivity contribution in [3.63, 3.8) is 0 Å². The average molecular weight is 264 g/mol. The second-order valence-electron chi connectivity index (χ2n) is 5.38. The van der Waals surface area contributed by atoms with Crippen molar-refractivity contribution >= 4 is 11.8 Å². The van der Waals surface area contributed by atoms with Gasteiger partial charge < -0.3 is 15.7 Å². The van der Waals surface area contributed by atoms with Gasteiger partial charge in [0, 0.05) is 12.1 Å². The van der Waals surface area contributed by atoms with Crippen LogP contribution in [0.25, 0.3) is 0 Å². The summed E-state index contributed by atoms with van der Waals surface area (Å²) in [6, 6.07) is 6.72. The Morgan fingerprint density at radius 1 is 1.11 bits per heavy atom. The van der Waals surface area contributed by atoms with Crippen molar-refractivity contribution in [3.8, 4) is 5.75 Å². The third kappa shape index (κ3) is 5.90. The fourth-order valence-corrected chi connectivity index (χ4v) is 1.46. The molecule has 0 heterocycles. The molecule has 19 heavy (non-hydrogen) atoms. The van der Waals surface area contributed by atoms with Crippen molar-refractivity contribution in [1.29, 1.82) is 0 Å². The molecule has 0 aromatic heterocycles. The fourth-order valence-electron chi connectivity index (χ4n) is 1.46. The number of benzene rings is 1. The highest BCUT2D eigenvalue weighted by Gasteiger charge is 2.19. The van der Waals surface area contributed by atoms with E-state index >= 15 is 0 Å². The van der Waals surface area contributed by atoms with Gasteiger partial charge in [0.25, 0.3) is 0 Å². The predicted octanol–water partition coefficient (Wildman–Crippen LogP) is 0.966. The van der Waals surface area contributed by atoms with Gasteiger partial charge in [-0.25, -0.2) is 0 Å². The van der Waals surface area contributed by atoms with Crippen molar-refractivity contribution in [2.45, 2.75) is 32.7 Å². The molecular formula is C14H20N2O3. The molecule has 0 fully saturated rings. The first-order valence-electron chi connectivity index (χ1n) is 6.16. The lowest BCUT2D eigenvalue weighted by molar-refractivity contribution is -0.140. The van der Waals surface area contributed by atoms with E-state index in [4.69, 9.17) is 5.11 Å². The zero-order chi connectivity index (χ0) is 14.5. The molecule has 0 unspecified atom stereocenters. The number of phenols is 1. The van der Waals surface area contributed by atoms with Crippen molar-refractivity contribution in [2.75, 3.05) is 6.54 Å². The van der Waals surface area contributed by atoms with Crippen LogP contribution in [0.3, 0.4) is 0 Å². The lowest BCUT2D eigenvalue weighted by Gasteiger charge is -2.19. The Hall–Kier alpha value is -2.04. The number of amides is 2. The molecule has 0 bridgehead atoms. The van der Waals surface area contributed by atoms with Gasteiger partial charge in [-0.1, -0.05) is 12.1 Å². The van der Waals surface area contributed by atoms with Crippen LogP contribution in [0.5, 0.6) is 5.75 Å². The van der Waals surface area contributed by atoms with E-state index in [1.54, 1.807) is 24.3 Å². The largest absolute Gasteiger partial charge is 0.508 e. The topological polar surface area (TPSA) is 78.4 Å². The maximum absolute atomic E-state index is 11.5. The average Bonchev–Trinajstić information content (AvgIpc) is 2.29. The minimum Gasteiger partial charge on any atom is -0.508 e. The van der Waals surface area contributed by atoms with E-state index < -0.39 is 17.4 Å². The number of hydrogen-bond donors (Lipinski definition) is 3. The first kappa shape index (κ1) is 15.0. The molecule has 0 aliphatic carbocycles. The van der Waals surface area contributed by atoms with Crippen LogP contribution in [0.15, 0.2) is 24.3 Å². The molecule has 5 nitrogen and oxygen atoms in total. The van der Waals surface area contributed by atoms with Gasteiger partial charge in [0.1, 0.15) is 5.75 Å². The summed E-state index contributed by atoms with van der Waals surface area (Å²) in [4.78, 5) is 23.0. The van der Waals surface area contributed by atoms with Crippen LogP contribution >= 0.6 is 0 Å². The van der Waals surface area contributed by atoms with Gasteiger partial charge in [-0.05, 0) is 44.9 Å². The molecule has 0 saturated carbocycles. The summed E-state index contributed by atoms with van der Waals surface area (Å²) >= 11 is 0. The van der Waals surface area contributed by atoms with Crippen molar-refractivity contribution in [1.82, 2.24) is 10.6 Å². The molecule has 1 aromatic carbocycles. The molecule has 3 N–H and O–H groups in total. The Bertz CT molecular complexity index is 447. The van der Waals surface area contributed by atoms with Gasteiger partial charge in [0.05, 0.1) is 0 Å². The molecule has 0 aliphatic heterocycles. The van der Waals surface area contributed by atoms with E-state index in [1.165, 1.54) is 0 Å². The zero-order valence-electron chi connectivity index (χ0n) is 11.5.